The van der Waals surface area contributed by atoms with Crippen LogP contribution in [0.25, 0.3) is 0 Å². The molecule has 17 heavy (non-hydrogen) atoms. The van der Waals surface area contributed by atoms with Gasteiger partial charge in [0.1, 0.15) is 6.10 Å². The molecule has 5 heteroatoms. The van der Waals surface area contributed by atoms with Crippen molar-refractivity contribution in [1.29, 1.82) is 0 Å². The van der Waals surface area contributed by atoms with Gasteiger partial charge in [-0.2, -0.15) is 0 Å². The van der Waals surface area contributed by atoms with Gasteiger partial charge in [-0.25, -0.2) is 0 Å². The van der Waals surface area contributed by atoms with Gasteiger partial charge in [-0.15, -0.1) is 0 Å². The second-order valence-corrected chi connectivity index (χ2v) is 4.92. The number of fused-ring (bicyclic) bond motifs is 1. The van der Waals surface area contributed by atoms with Gasteiger partial charge in [0.25, 0.3) is 5.91 Å². The summed E-state index contributed by atoms with van der Waals surface area (Å²) >= 11 is 0. The van der Waals surface area contributed by atoms with Crippen molar-refractivity contribution in [2.45, 2.75) is 38.3 Å². The topological polar surface area (TPSA) is 58.6 Å². The van der Waals surface area contributed by atoms with E-state index in [1.54, 1.807) is 14.0 Å². The Bertz CT molecular complexity index is 319. The molecule has 0 radical (unpaired) electrons. The van der Waals surface area contributed by atoms with Crippen molar-refractivity contribution in [2.75, 3.05) is 20.2 Å². The average molecular weight is 240 g/mol. The lowest BCUT2D eigenvalue weighted by molar-refractivity contribution is -0.144. The number of amides is 2. The molecule has 2 rings (SSSR count). The maximum atomic E-state index is 12.0. The Kier molecular flexibility index (Phi) is 3.66. The van der Waals surface area contributed by atoms with Gasteiger partial charge >= 0.3 is 0 Å². The number of nitrogens with one attached hydrogen (secondary N) is 1. The maximum absolute atomic E-state index is 12.0. The zero-order valence-corrected chi connectivity index (χ0v) is 10.4. The maximum Gasteiger partial charge on any atom is 0.251 e. The monoisotopic (exact) mass is 240 g/mol. The molecule has 0 aromatic rings. The van der Waals surface area contributed by atoms with E-state index in [-0.39, 0.29) is 24.0 Å². The Labute approximate surface area is 101 Å². The van der Waals surface area contributed by atoms with Gasteiger partial charge in [0.05, 0.1) is 0 Å². The molecule has 3 atom stereocenters. The number of likely N-dealkylation sites (tertiary alicyclic amines) is 1. The van der Waals surface area contributed by atoms with Crippen molar-refractivity contribution in [1.82, 2.24) is 10.2 Å². The third kappa shape index (κ3) is 2.60. The molecule has 2 heterocycles. The van der Waals surface area contributed by atoms with Gasteiger partial charge in [0.2, 0.25) is 5.91 Å². The fourth-order valence-corrected chi connectivity index (χ4v) is 2.67. The Morgan fingerprint density at radius 2 is 2.29 bits per heavy atom. The number of rotatable bonds is 2. The normalized spacial score (nSPS) is 30.5. The molecular weight excluding hydrogens is 220 g/mol. The smallest absolute Gasteiger partial charge is 0.251 e. The van der Waals surface area contributed by atoms with E-state index in [4.69, 9.17) is 4.74 Å². The summed E-state index contributed by atoms with van der Waals surface area (Å²) in [6.45, 7) is 3.24. The SMILES string of the molecule is COC(C)C(=O)N1CCC2NC(=O)CCC2C1. The van der Waals surface area contributed by atoms with Crippen LogP contribution in [0.1, 0.15) is 26.2 Å². The van der Waals surface area contributed by atoms with E-state index >= 15 is 0 Å². The number of ether oxygens (including phenoxy) is 1. The van der Waals surface area contributed by atoms with Crippen LogP contribution in [0.15, 0.2) is 0 Å². The largest absolute Gasteiger partial charge is 0.372 e. The van der Waals surface area contributed by atoms with Crippen LogP contribution >= 0.6 is 0 Å². The number of carbonyl (C=O) groups is 2. The summed E-state index contributed by atoms with van der Waals surface area (Å²) in [5, 5.41) is 3.01. The number of nitrogens with zero attached hydrogens (tertiary/aromatic N) is 1. The van der Waals surface area contributed by atoms with Crippen molar-refractivity contribution in [3.8, 4) is 0 Å². The lowest BCUT2D eigenvalue weighted by Crippen LogP contribution is -2.56. The molecule has 96 valence electrons. The molecule has 0 spiro atoms. The first-order valence-corrected chi connectivity index (χ1v) is 6.22. The third-order valence-electron chi connectivity index (χ3n) is 3.84. The van der Waals surface area contributed by atoms with Gasteiger partial charge in [-0.1, -0.05) is 0 Å². The van der Waals surface area contributed by atoms with E-state index in [0.29, 0.717) is 18.9 Å². The summed E-state index contributed by atoms with van der Waals surface area (Å²) in [7, 11) is 1.55. The standard InChI is InChI=1S/C12H20N2O3/c1-8(17-2)12(16)14-6-5-10-9(7-14)3-4-11(15)13-10/h8-10H,3-7H2,1-2H3,(H,13,15). The van der Waals surface area contributed by atoms with Crippen LogP contribution in [0, 0.1) is 5.92 Å². The van der Waals surface area contributed by atoms with E-state index in [9.17, 15) is 9.59 Å². The van der Waals surface area contributed by atoms with Crippen molar-refractivity contribution in [2.24, 2.45) is 5.92 Å². The zero-order chi connectivity index (χ0) is 12.4. The highest BCUT2D eigenvalue weighted by Crippen LogP contribution is 2.25. The van der Waals surface area contributed by atoms with Gasteiger partial charge in [0, 0.05) is 32.7 Å². The number of hydrogen-bond donors (Lipinski definition) is 1. The van der Waals surface area contributed by atoms with Crippen LogP contribution in [0.4, 0.5) is 0 Å². The van der Waals surface area contributed by atoms with Gasteiger partial charge < -0.3 is 15.0 Å². The molecule has 5 nitrogen and oxygen atoms in total. The highest BCUT2D eigenvalue weighted by atomic mass is 16.5. The molecule has 0 bridgehead atoms. The van der Waals surface area contributed by atoms with E-state index in [1.165, 1.54) is 0 Å². The van der Waals surface area contributed by atoms with Gasteiger partial charge in [0.15, 0.2) is 0 Å². The first-order chi connectivity index (χ1) is 8.11. The predicted molar refractivity (Wildman–Crippen MR) is 62.3 cm³/mol. The molecule has 0 aliphatic carbocycles. The highest BCUT2D eigenvalue weighted by Gasteiger charge is 2.36. The van der Waals surface area contributed by atoms with E-state index in [2.05, 4.69) is 5.32 Å². The second kappa shape index (κ2) is 5.04. The van der Waals surface area contributed by atoms with Crippen molar-refractivity contribution in [3.63, 3.8) is 0 Å². The van der Waals surface area contributed by atoms with Crippen LogP contribution in [0.5, 0.6) is 0 Å². The quantitative estimate of drug-likeness (QED) is 0.747. The summed E-state index contributed by atoms with van der Waals surface area (Å²) in [6.07, 6.45) is 1.97. The van der Waals surface area contributed by atoms with E-state index < -0.39 is 0 Å². The molecule has 0 saturated carbocycles. The van der Waals surface area contributed by atoms with Crippen molar-refractivity contribution in [3.05, 3.63) is 0 Å². The fourth-order valence-electron chi connectivity index (χ4n) is 2.67. The molecule has 2 fully saturated rings. The van der Waals surface area contributed by atoms with Gasteiger partial charge in [-0.3, -0.25) is 9.59 Å². The summed E-state index contributed by atoms with van der Waals surface area (Å²) < 4.78 is 5.06. The Morgan fingerprint density at radius 1 is 1.53 bits per heavy atom. The Hall–Kier alpha value is -1.10. The summed E-state index contributed by atoms with van der Waals surface area (Å²) in [5.41, 5.74) is 0. The molecule has 2 aliphatic heterocycles. The summed E-state index contributed by atoms with van der Waals surface area (Å²) in [6, 6.07) is 0.262. The van der Waals surface area contributed by atoms with Crippen LogP contribution in [-0.2, 0) is 14.3 Å². The lowest BCUT2D eigenvalue weighted by atomic mass is 9.85. The van der Waals surface area contributed by atoms with Crippen LogP contribution in [0.2, 0.25) is 0 Å². The Morgan fingerprint density at radius 3 is 3.00 bits per heavy atom. The molecule has 2 aliphatic rings. The molecule has 1 N–H and O–H groups in total. The molecule has 2 saturated heterocycles. The minimum Gasteiger partial charge on any atom is -0.372 e. The summed E-state index contributed by atoms with van der Waals surface area (Å²) in [4.78, 5) is 25.1. The molecular formula is C12H20N2O3. The predicted octanol–water partition coefficient (Wildman–Crippen LogP) is 0.148. The number of hydrogen-bond acceptors (Lipinski definition) is 3. The minimum atomic E-state index is -0.371. The third-order valence-corrected chi connectivity index (χ3v) is 3.84. The summed E-state index contributed by atoms with van der Waals surface area (Å²) in [5.74, 6) is 0.619. The molecule has 3 unspecified atom stereocenters. The van der Waals surface area contributed by atoms with Crippen molar-refractivity contribution < 1.29 is 14.3 Å². The average Bonchev–Trinajstić information content (AvgIpc) is 2.36. The first-order valence-electron chi connectivity index (χ1n) is 6.22. The Balaban J connectivity index is 1.94. The number of piperidine rings is 2. The zero-order valence-electron chi connectivity index (χ0n) is 10.4. The highest BCUT2D eigenvalue weighted by molar-refractivity contribution is 5.81. The fraction of sp³-hybridized carbons (Fsp3) is 0.833. The van der Waals surface area contributed by atoms with Crippen LogP contribution in [0.3, 0.4) is 0 Å². The second-order valence-electron chi connectivity index (χ2n) is 4.92. The lowest BCUT2D eigenvalue weighted by Gasteiger charge is -2.41. The molecule has 0 aromatic carbocycles. The molecule has 2 amide bonds. The van der Waals surface area contributed by atoms with Crippen LogP contribution in [-0.4, -0.2) is 49.1 Å². The van der Waals surface area contributed by atoms with Crippen LogP contribution < -0.4 is 5.32 Å². The van der Waals surface area contributed by atoms with Gasteiger partial charge in [-0.05, 0) is 25.7 Å². The van der Waals surface area contributed by atoms with E-state index in [1.807, 2.05) is 4.90 Å². The number of carbonyl (C=O) groups excluding carboxylic acids is 2. The minimum absolute atomic E-state index is 0.0582. The number of methoxy groups -OCH3 is 1. The molecule has 0 aromatic heterocycles. The van der Waals surface area contributed by atoms with E-state index in [0.717, 1.165) is 19.4 Å². The first kappa shape index (κ1) is 12.4. The van der Waals surface area contributed by atoms with Crippen molar-refractivity contribution >= 4 is 11.8 Å².